The third-order valence-corrected chi connectivity index (χ3v) is 22.0. The molecule has 9 aliphatic rings. The highest BCUT2D eigenvalue weighted by Gasteiger charge is 2.74. The van der Waals surface area contributed by atoms with Crippen molar-refractivity contribution in [3.05, 3.63) is 11.6 Å². The van der Waals surface area contributed by atoms with Gasteiger partial charge in [0.25, 0.3) is 0 Å². The number of carbonyl (C=O) groups excluding carboxylic acids is 3. The van der Waals surface area contributed by atoms with Crippen LogP contribution in [0.2, 0.25) is 0 Å². The second-order valence-corrected chi connectivity index (χ2v) is 28.0. The first kappa shape index (κ1) is 67.4. The van der Waals surface area contributed by atoms with E-state index in [0.717, 1.165) is 11.9 Å². The van der Waals surface area contributed by atoms with Gasteiger partial charge in [0.05, 0.1) is 49.5 Å². The number of carbonyl (C=O) groups is 4. The Balaban J connectivity index is 1.03. The molecule has 5 aliphatic carbocycles. The first-order valence-electron chi connectivity index (χ1n) is 30.2. The average Bonchev–Trinajstić information content (AvgIpc) is 0.682. The quantitative estimate of drug-likeness (QED) is 0.0346. The van der Waals surface area contributed by atoms with Gasteiger partial charge in [0.2, 0.25) is 0 Å². The number of rotatable bonds is 16. The fourth-order valence-corrected chi connectivity index (χ4v) is 17.2. The molecule has 27 heteroatoms. The number of hydrogen-bond donors (Lipinski definition) is 13. The molecule has 9 rings (SSSR count). The minimum atomic E-state index is -2.26. The molecule has 3 unspecified atom stereocenters. The lowest BCUT2D eigenvalue weighted by Gasteiger charge is -2.72. The topological polar surface area (TPSA) is 424 Å². The zero-order chi connectivity index (χ0) is 63.3. The molecule has 4 saturated carbocycles. The molecule has 0 bridgehead atoms. The third-order valence-electron chi connectivity index (χ3n) is 22.0. The van der Waals surface area contributed by atoms with Crippen molar-refractivity contribution < 1.29 is 133 Å². The van der Waals surface area contributed by atoms with Gasteiger partial charge in [-0.2, -0.15) is 0 Å². The highest BCUT2D eigenvalue weighted by atomic mass is 16.8. The fraction of sp³-hybridized carbons (Fsp3) is 0.898. The maximum absolute atomic E-state index is 14.2. The fourth-order valence-electron chi connectivity index (χ4n) is 17.2. The smallest absolute Gasteiger partial charge is 0.335 e. The zero-order valence-electron chi connectivity index (χ0n) is 50.2. The number of aldehydes is 1. The predicted molar refractivity (Wildman–Crippen MR) is 289 cm³/mol. The van der Waals surface area contributed by atoms with Crippen LogP contribution < -0.4 is 0 Å². The maximum atomic E-state index is 14.2. The van der Waals surface area contributed by atoms with Gasteiger partial charge in [0, 0.05) is 18.8 Å². The molecule has 27 nitrogen and oxygen atoms in total. The lowest BCUT2D eigenvalue weighted by molar-refractivity contribution is -0.395. The molecule has 4 saturated heterocycles. The van der Waals surface area contributed by atoms with Crippen molar-refractivity contribution >= 4 is 24.2 Å². The Kier molecular flexibility index (Phi) is 19.5. The van der Waals surface area contributed by atoms with Crippen molar-refractivity contribution in [3.8, 4) is 0 Å². The van der Waals surface area contributed by atoms with Crippen LogP contribution in [0.5, 0.6) is 0 Å². The van der Waals surface area contributed by atoms with Crippen molar-refractivity contribution in [3.63, 3.8) is 0 Å². The summed E-state index contributed by atoms with van der Waals surface area (Å²) in [4.78, 5) is 53.7. The lowest BCUT2D eigenvalue weighted by Crippen LogP contribution is -2.72. The van der Waals surface area contributed by atoms with Crippen LogP contribution in [-0.2, 0) is 66.5 Å². The molecule has 8 fully saturated rings. The molecular formula is C59H92O27. The van der Waals surface area contributed by atoms with Crippen LogP contribution in [-0.4, -0.2) is 252 Å². The van der Waals surface area contributed by atoms with Gasteiger partial charge in [-0.05, 0) is 84.9 Å². The summed E-state index contributed by atoms with van der Waals surface area (Å²) in [6.07, 6.45) is -33.3. The maximum Gasteiger partial charge on any atom is 0.335 e. The third kappa shape index (κ3) is 11.2. The Morgan fingerprint density at radius 3 is 1.92 bits per heavy atom. The van der Waals surface area contributed by atoms with E-state index in [1.165, 1.54) is 6.92 Å². The second kappa shape index (κ2) is 24.9. The summed E-state index contributed by atoms with van der Waals surface area (Å²) in [7, 11) is 0. The van der Waals surface area contributed by atoms with Gasteiger partial charge in [0.1, 0.15) is 97.8 Å². The highest BCUT2D eigenvalue weighted by molar-refractivity contribution is 5.73. The number of ether oxygens (including phenoxy) is 10. The standard InChI is InChI=1S/C59H92O27/c1-24(2)16-35(67)82-47-48(79-25(3)63)59(23-62)27(17-54(47,4)5)26-10-11-32-55(6)14-13-34(56(7,22-61)31(55)12-15-57(32,8)58(26,9)18-33(59)66)81-53-46(86-52-40(72)38(70)37(69)30(19-60)80-52)44(41(73)45(85-53)49(75)76)84-51-42(74)43(29(65)21-78-51)83-50-39(71)36(68)28(64)20-77-50/h10,22,24,27-34,36-48,50-53,60,62,64-66,68-74H,11-21,23H2,1-9H3,(H,75,76)/t27?,28-,29-,30+,31?,32?,33+,34-,36-,37-,38-,39+,40+,41-,42+,43-,44-,45-,46+,47-,48-,50-,51-,52-,53+,55-,56-,57+,58+,59-/m0/s1. The van der Waals surface area contributed by atoms with Crippen LogP contribution in [0.3, 0.4) is 0 Å². The number of carboxylic acids is 1. The van der Waals surface area contributed by atoms with Gasteiger partial charge in [-0.1, -0.05) is 67.0 Å². The molecule has 0 spiro atoms. The number of allylic oxidation sites excluding steroid dienone is 2. The average molecular weight is 1230 g/mol. The van der Waals surface area contributed by atoms with Crippen LogP contribution in [0.25, 0.3) is 0 Å². The molecule has 86 heavy (non-hydrogen) atoms. The number of hydrogen-bond acceptors (Lipinski definition) is 26. The molecule has 4 heterocycles. The Morgan fingerprint density at radius 1 is 0.674 bits per heavy atom. The molecule has 0 radical (unpaired) electrons. The van der Waals surface area contributed by atoms with Crippen LogP contribution in [0.4, 0.5) is 0 Å². The molecule has 0 aromatic heterocycles. The second-order valence-electron chi connectivity index (χ2n) is 28.0. The molecular weight excluding hydrogens is 1140 g/mol. The van der Waals surface area contributed by atoms with Crippen molar-refractivity contribution in [2.24, 2.45) is 56.2 Å². The molecule has 0 aromatic carbocycles. The van der Waals surface area contributed by atoms with Gasteiger partial charge in [-0.3, -0.25) is 9.59 Å². The van der Waals surface area contributed by atoms with Crippen LogP contribution >= 0.6 is 0 Å². The first-order valence-corrected chi connectivity index (χ1v) is 30.2. The largest absolute Gasteiger partial charge is 0.479 e. The van der Waals surface area contributed by atoms with Crippen molar-refractivity contribution in [2.75, 3.05) is 26.4 Å². The Morgan fingerprint density at radius 2 is 1.30 bits per heavy atom. The summed E-state index contributed by atoms with van der Waals surface area (Å²) in [6, 6.07) is 0. The summed E-state index contributed by atoms with van der Waals surface area (Å²) >= 11 is 0. The van der Waals surface area contributed by atoms with Gasteiger partial charge in [0.15, 0.2) is 31.3 Å². The van der Waals surface area contributed by atoms with E-state index in [0.29, 0.717) is 32.1 Å². The monoisotopic (exact) mass is 1230 g/mol. The van der Waals surface area contributed by atoms with Gasteiger partial charge < -0.3 is 119 Å². The van der Waals surface area contributed by atoms with Crippen LogP contribution in [0.15, 0.2) is 11.6 Å². The van der Waals surface area contributed by atoms with E-state index < -0.39 is 224 Å². The first-order chi connectivity index (χ1) is 40.2. The van der Waals surface area contributed by atoms with E-state index in [4.69, 9.17) is 47.4 Å². The molecule has 4 aliphatic heterocycles. The summed E-state index contributed by atoms with van der Waals surface area (Å²) in [5.41, 5.74) is -4.63. The minimum Gasteiger partial charge on any atom is -0.479 e. The Labute approximate surface area is 498 Å². The lowest BCUT2D eigenvalue weighted by atomic mass is 9.33. The number of aliphatic hydroxyl groups is 12. The summed E-state index contributed by atoms with van der Waals surface area (Å²) in [5.74, 6) is -4.07. The predicted octanol–water partition coefficient (Wildman–Crippen LogP) is -1.93. The van der Waals surface area contributed by atoms with Gasteiger partial charge in [-0.15, -0.1) is 0 Å². The number of fused-ring (bicyclic) bond motifs is 7. The van der Waals surface area contributed by atoms with E-state index in [1.54, 1.807) is 6.92 Å². The summed E-state index contributed by atoms with van der Waals surface area (Å²) in [6.45, 7) is 14.4. The Bertz CT molecular complexity index is 2480. The normalized spacial score (nSPS) is 51.0. The minimum absolute atomic E-state index is 0.0292. The van der Waals surface area contributed by atoms with E-state index in [2.05, 4.69) is 26.8 Å². The van der Waals surface area contributed by atoms with Crippen molar-refractivity contribution in [2.45, 2.75) is 249 Å². The Hall–Kier alpha value is -2.98. The number of aliphatic hydroxyl groups excluding tert-OH is 12. The summed E-state index contributed by atoms with van der Waals surface area (Å²) < 4.78 is 60.1. The van der Waals surface area contributed by atoms with Gasteiger partial charge in [-0.25, -0.2) is 4.79 Å². The molecule has 0 amide bonds. The highest BCUT2D eigenvalue weighted by Crippen LogP contribution is 2.76. The number of aliphatic carboxylic acids is 1. The van der Waals surface area contributed by atoms with E-state index in [-0.39, 0.29) is 31.1 Å². The van der Waals surface area contributed by atoms with Crippen molar-refractivity contribution in [1.29, 1.82) is 0 Å². The van der Waals surface area contributed by atoms with E-state index in [1.807, 2.05) is 27.7 Å². The molecule has 490 valence electrons. The number of carboxylic acid groups (broad SMARTS) is 1. The van der Waals surface area contributed by atoms with Gasteiger partial charge >= 0.3 is 17.9 Å². The van der Waals surface area contributed by atoms with E-state index in [9.17, 15) is 85.6 Å². The number of esters is 2. The summed E-state index contributed by atoms with van der Waals surface area (Å²) in [5, 5.41) is 144. The van der Waals surface area contributed by atoms with E-state index >= 15 is 0 Å². The molecule has 30 atom stereocenters. The SMILES string of the molecule is CC(=O)O[C@H]1[C@H](OC(=O)CC(C)C)C(C)(C)CC2C3=CCC4[C@@]5(C)CC[C@H](O[C@@H]6O[C@H](C(=O)O)[C@@H](O)[C@H](O[C@@H]7OC[C@H](O)[C@H](O[C@@H]8OC[C@H](O)[C@H](O)[C@H]8O)[C@H]7O)[C@H]6O[C@@H]6O[C@H](CO)[C@H](O)[C@H](O)[C@H]6O)[C@@](C)(C=O)C5CC[C@@]4(C)[C@]3(C)C[C@@H](O)[C@]21CO. The zero-order valence-corrected chi connectivity index (χ0v) is 50.2. The molecule has 13 N–H and O–H groups in total. The molecule has 0 aromatic rings. The van der Waals surface area contributed by atoms with Crippen molar-refractivity contribution in [1.82, 2.24) is 0 Å². The van der Waals surface area contributed by atoms with Crippen LogP contribution in [0, 0.1) is 56.2 Å². The van der Waals surface area contributed by atoms with Crippen LogP contribution in [0.1, 0.15) is 114 Å².